The Morgan fingerprint density at radius 1 is 0.333 bits per heavy atom. The Balaban J connectivity index is 0. The fraction of sp³-hybridized carbons (Fsp3) is 0.732. The smallest absolute Gasteiger partial charge is 0.334 e. The van der Waals surface area contributed by atoms with E-state index < -0.39 is 23.8 Å². The van der Waals surface area contributed by atoms with Gasteiger partial charge in [0.05, 0.1) is 36.3 Å². The van der Waals surface area contributed by atoms with E-state index in [4.69, 9.17) is 9.68 Å². The van der Waals surface area contributed by atoms with E-state index in [1.165, 1.54) is 34.6 Å². The summed E-state index contributed by atoms with van der Waals surface area (Å²) in [6.07, 6.45) is 13.0. The molecule has 102 heavy (non-hydrogen) atoms. The lowest BCUT2D eigenvalue weighted by Gasteiger charge is -2.23. The fourth-order valence-corrected chi connectivity index (χ4v) is 10.4. The van der Waals surface area contributed by atoms with Gasteiger partial charge in [-0.25, -0.2) is 9.59 Å². The summed E-state index contributed by atoms with van der Waals surface area (Å²) < 4.78 is 0. The van der Waals surface area contributed by atoms with Crippen molar-refractivity contribution in [2.45, 2.75) is 245 Å². The Morgan fingerprint density at radius 3 is 0.922 bits per heavy atom. The molecule has 0 aromatic rings. The van der Waals surface area contributed by atoms with Gasteiger partial charge >= 0.3 is 11.9 Å². The number of carbonyl (C=O) groups excluding carboxylic acids is 17. The van der Waals surface area contributed by atoms with E-state index in [9.17, 15) is 81.5 Å². The largest absolute Gasteiger partial charge is 0.356 e. The van der Waals surface area contributed by atoms with Gasteiger partial charge in [-0.2, -0.15) is 0 Å². The maximum atomic E-state index is 12.5. The number of carbonyl (C=O) groups is 17. The molecule has 2 rings (SSSR count). The van der Waals surface area contributed by atoms with E-state index in [-0.39, 0.29) is 171 Å². The van der Waals surface area contributed by atoms with Crippen LogP contribution in [0.25, 0.3) is 0 Å². The number of hydrogen-bond donors (Lipinski definition) is 6. The SMILES string of the molecule is C=C1CCC(=O)N1OC(=O)CCNC(=O)CCC(=O)C(CCCCNC(C)=O)N(C)C.CC(=O)CCCC(=O)C(CCCCNC(C)=O)N(C)C.CC(=O)CCNC(=O)CCC(=O)C(CCCCNC(C)=O)N(C)C.CC(=O)NCCCCC(C(=O)CCCC(=O)ON1C(=O)CCC1=O)N(C)C. The van der Waals surface area contributed by atoms with Gasteiger partial charge in [0, 0.05) is 144 Å². The molecule has 0 radical (unpaired) electrons. The second-order valence-electron chi connectivity index (χ2n) is 26.3. The zero-order chi connectivity index (χ0) is 77.9. The lowest BCUT2D eigenvalue weighted by molar-refractivity contribution is -0.197. The number of nitrogens with zero attached hydrogens (tertiary/aromatic N) is 6. The van der Waals surface area contributed by atoms with Gasteiger partial charge in [0.2, 0.25) is 35.4 Å². The first kappa shape index (κ1) is 96.0. The molecule has 2 heterocycles. The summed E-state index contributed by atoms with van der Waals surface area (Å²) in [6.45, 7) is 15.4. The van der Waals surface area contributed by atoms with Crippen molar-refractivity contribution in [1.29, 1.82) is 0 Å². The maximum Gasteiger partial charge on any atom is 0.334 e. The number of allylic oxidation sites excluding steroid dienone is 1. The average Bonchev–Trinajstić information content (AvgIpc) is 1.73. The number of nitrogens with one attached hydrogen (secondary N) is 6. The van der Waals surface area contributed by atoms with Gasteiger partial charge in [-0.1, -0.05) is 6.58 Å². The average molecular weight is 1450 g/mol. The van der Waals surface area contributed by atoms with Gasteiger partial charge in [-0.15, -0.1) is 10.1 Å². The molecule has 6 N–H and O–H groups in total. The Morgan fingerprint density at radius 2 is 0.618 bits per heavy atom. The molecule has 2 aliphatic rings. The van der Waals surface area contributed by atoms with E-state index >= 15 is 0 Å². The molecule has 4 atom stereocenters. The van der Waals surface area contributed by atoms with Crippen molar-refractivity contribution in [3.05, 3.63) is 12.3 Å². The standard InChI is InChI=1S/C21H34N4O6.C18H29N3O6.C17H31N3O4.C15H28N2O3/c1-15-8-11-20(29)25(15)31-21(30)12-14-23-19(28)10-9-18(27)17(24(3)4)7-5-6-13-22-16(2)26;1-13(22)19-12-5-4-7-14(20(2)3)15(23)8-6-9-18(26)27-21-16(24)10-11-17(21)25;1-13(21)10-12-19-17(24)9-8-16(23)15(20(3)4)7-5-6-11-18-14(2)22;1-12(18)8-7-10-15(20)14(17(3)4)9-5-6-11-16-13(2)19/h17H,1,5-14H2,2-4H3,(H,22,26)(H,23,28);14H,4-12H2,1-3H3,(H,19,22);15H,5-12H2,1-4H3,(H,18,22)(H,19,24);14H,5-11H2,1-4H3,(H,16,19). The van der Waals surface area contributed by atoms with Gasteiger partial charge < -0.3 is 46.4 Å². The minimum Gasteiger partial charge on any atom is -0.356 e. The molecular weight excluding hydrogens is 1320 g/mol. The summed E-state index contributed by atoms with van der Waals surface area (Å²) in [6, 6.07) is -0.835. The highest BCUT2D eigenvalue weighted by atomic mass is 16.7. The predicted octanol–water partition coefficient (Wildman–Crippen LogP) is 3.46. The van der Waals surface area contributed by atoms with Crippen LogP contribution in [0.3, 0.4) is 0 Å². The predicted molar refractivity (Wildman–Crippen MR) is 381 cm³/mol. The van der Waals surface area contributed by atoms with Crippen LogP contribution in [-0.2, 0) is 91.2 Å². The summed E-state index contributed by atoms with van der Waals surface area (Å²) in [5.41, 5.74) is 0.437. The van der Waals surface area contributed by atoms with Crippen LogP contribution < -0.4 is 31.9 Å². The number of amides is 9. The van der Waals surface area contributed by atoms with Crippen LogP contribution in [-0.4, -0.2) is 249 Å². The third kappa shape index (κ3) is 49.5. The van der Waals surface area contributed by atoms with E-state index in [2.05, 4.69) is 38.5 Å². The maximum absolute atomic E-state index is 12.5. The Labute approximate surface area is 603 Å². The molecule has 31 nitrogen and oxygen atoms in total. The first-order chi connectivity index (χ1) is 47.9. The fourth-order valence-electron chi connectivity index (χ4n) is 10.4. The van der Waals surface area contributed by atoms with Crippen molar-refractivity contribution >= 4 is 99.8 Å². The lowest BCUT2D eigenvalue weighted by atomic mass is 9.99. The van der Waals surface area contributed by atoms with Gasteiger partial charge in [0.15, 0.2) is 0 Å². The number of Topliss-reactive ketones (excluding diaryl/α,β-unsaturated/α-hetero) is 6. The minimum absolute atomic E-state index is 0.0190. The molecule has 31 heteroatoms. The Hall–Kier alpha value is -8.03. The van der Waals surface area contributed by atoms with Crippen LogP contribution in [0.2, 0.25) is 0 Å². The number of rotatable bonds is 50. The first-order valence-corrected chi connectivity index (χ1v) is 35.5. The van der Waals surface area contributed by atoms with Crippen LogP contribution in [0.15, 0.2) is 12.3 Å². The normalized spacial score (nSPS) is 13.6. The van der Waals surface area contributed by atoms with Crippen molar-refractivity contribution in [2.75, 3.05) is 95.6 Å². The summed E-state index contributed by atoms with van der Waals surface area (Å²) in [5.74, 6) is -3.01. The molecule has 2 saturated heterocycles. The Bertz CT molecular complexity index is 2710. The van der Waals surface area contributed by atoms with Gasteiger partial charge in [0.1, 0.15) is 34.7 Å². The molecule has 580 valence electrons. The highest BCUT2D eigenvalue weighted by Crippen LogP contribution is 2.22. The van der Waals surface area contributed by atoms with Crippen LogP contribution in [0.1, 0.15) is 221 Å². The van der Waals surface area contributed by atoms with Crippen molar-refractivity contribution < 1.29 is 91.2 Å². The third-order valence-corrected chi connectivity index (χ3v) is 16.0. The topological polar surface area (TPSA) is 400 Å². The zero-order valence-corrected chi connectivity index (χ0v) is 63.5. The van der Waals surface area contributed by atoms with Crippen LogP contribution in [0, 0.1) is 0 Å². The second kappa shape index (κ2) is 56.5. The van der Waals surface area contributed by atoms with Crippen molar-refractivity contribution in [3.63, 3.8) is 0 Å². The van der Waals surface area contributed by atoms with Crippen molar-refractivity contribution in [3.8, 4) is 0 Å². The Kier molecular flexibility index (Phi) is 53.2. The first-order valence-electron chi connectivity index (χ1n) is 35.5. The lowest BCUT2D eigenvalue weighted by Crippen LogP contribution is -2.37. The van der Waals surface area contributed by atoms with E-state index in [1.807, 2.05) is 76.0 Å². The van der Waals surface area contributed by atoms with Crippen molar-refractivity contribution in [1.82, 2.24) is 61.6 Å². The van der Waals surface area contributed by atoms with E-state index in [0.29, 0.717) is 101 Å². The highest BCUT2D eigenvalue weighted by molar-refractivity contribution is 6.01. The summed E-state index contributed by atoms with van der Waals surface area (Å²) >= 11 is 0. The van der Waals surface area contributed by atoms with Crippen LogP contribution >= 0.6 is 0 Å². The summed E-state index contributed by atoms with van der Waals surface area (Å²) in [5, 5.41) is 17.6. The van der Waals surface area contributed by atoms with E-state index in [1.54, 1.807) is 6.92 Å². The van der Waals surface area contributed by atoms with Crippen LogP contribution in [0.4, 0.5) is 0 Å². The number of ketones is 6. The van der Waals surface area contributed by atoms with E-state index in [0.717, 1.165) is 62.9 Å². The monoisotopic (exact) mass is 1450 g/mol. The number of hydroxylamine groups is 4. The molecule has 0 aromatic carbocycles. The number of unbranched alkanes of at least 4 members (excludes halogenated alkanes) is 4. The molecule has 9 amide bonds. The quantitative estimate of drug-likeness (QED) is 0.0375. The van der Waals surface area contributed by atoms with Gasteiger partial charge in [-0.3, -0.25) is 86.7 Å². The van der Waals surface area contributed by atoms with Gasteiger partial charge in [-0.05, 0) is 167 Å². The van der Waals surface area contributed by atoms with Crippen LogP contribution in [0.5, 0.6) is 0 Å². The molecular formula is C71H122N12O19. The third-order valence-electron chi connectivity index (χ3n) is 16.0. The summed E-state index contributed by atoms with van der Waals surface area (Å²) in [7, 11) is 14.8. The molecule has 0 bridgehead atoms. The molecule has 2 aliphatic heterocycles. The minimum atomic E-state index is -0.692. The molecule has 0 saturated carbocycles. The molecule has 0 aliphatic carbocycles. The highest BCUT2D eigenvalue weighted by Gasteiger charge is 2.33. The second-order valence-corrected chi connectivity index (χ2v) is 26.3. The van der Waals surface area contributed by atoms with Gasteiger partial charge in [0.25, 0.3) is 17.7 Å². The molecule has 0 spiro atoms. The molecule has 4 unspecified atom stereocenters. The number of imide groups is 1. The number of likely N-dealkylation sites (N-methyl/N-ethyl adjacent to an activating group) is 4. The summed E-state index contributed by atoms with van der Waals surface area (Å²) in [4.78, 5) is 213. The molecule has 2 fully saturated rings. The molecule has 0 aromatic heterocycles. The van der Waals surface area contributed by atoms with Crippen molar-refractivity contribution in [2.24, 2.45) is 0 Å². The zero-order valence-electron chi connectivity index (χ0n) is 63.5. The number of hydrogen-bond acceptors (Lipinski definition) is 23.